The van der Waals surface area contributed by atoms with Gasteiger partial charge in [0.25, 0.3) is 0 Å². The fourth-order valence-corrected chi connectivity index (χ4v) is 2.49. The van der Waals surface area contributed by atoms with Crippen LogP contribution >= 0.6 is 24.0 Å². The largest absolute Gasteiger partial charge is 0.496 e. The van der Waals surface area contributed by atoms with Gasteiger partial charge in [-0.1, -0.05) is 12.1 Å². The van der Waals surface area contributed by atoms with Crippen molar-refractivity contribution in [2.45, 2.75) is 20.4 Å². The lowest BCUT2D eigenvalue weighted by Crippen LogP contribution is -2.30. The van der Waals surface area contributed by atoms with Gasteiger partial charge in [0, 0.05) is 18.3 Å². The predicted octanol–water partition coefficient (Wildman–Crippen LogP) is 4.22. The van der Waals surface area contributed by atoms with Gasteiger partial charge in [0.1, 0.15) is 5.75 Å². The summed E-state index contributed by atoms with van der Waals surface area (Å²) in [7, 11) is 4.91. The number of halogens is 1. The van der Waals surface area contributed by atoms with Crippen LogP contribution < -0.4 is 24.8 Å². The van der Waals surface area contributed by atoms with Crippen LogP contribution in [0.15, 0.2) is 41.4 Å². The third kappa shape index (κ3) is 6.50. The van der Waals surface area contributed by atoms with E-state index in [1.165, 1.54) is 0 Å². The Balaban J connectivity index is 0.00000364. The van der Waals surface area contributed by atoms with Crippen LogP contribution in [0.5, 0.6) is 17.2 Å². The molecule has 2 aromatic rings. The predicted molar refractivity (Wildman–Crippen MR) is 121 cm³/mol. The van der Waals surface area contributed by atoms with Gasteiger partial charge < -0.3 is 24.8 Å². The van der Waals surface area contributed by atoms with Crippen molar-refractivity contribution in [2.24, 2.45) is 4.99 Å². The van der Waals surface area contributed by atoms with Crippen LogP contribution in [0.1, 0.15) is 18.1 Å². The minimum atomic E-state index is 0. The molecule has 0 saturated heterocycles. The molecule has 27 heavy (non-hydrogen) atoms. The van der Waals surface area contributed by atoms with Gasteiger partial charge in [0.2, 0.25) is 0 Å². The van der Waals surface area contributed by atoms with Crippen molar-refractivity contribution in [1.82, 2.24) is 5.32 Å². The van der Waals surface area contributed by atoms with E-state index in [0.29, 0.717) is 24.0 Å². The monoisotopic (exact) mass is 485 g/mol. The van der Waals surface area contributed by atoms with Crippen molar-refractivity contribution in [3.8, 4) is 17.2 Å². The van der Waals surface area contributed by atoms with Crippen molar-refractivity contribution in [3.05, 3.63) is 47.5 Å². The molecule has 0 fully saturated rings. The van der Waals surface area contributed by atoms with Crippen molar-refractivity contribution in [1.29, 1.82) is 0 Å². The molecular weight excluding hydrogens is 457 g/mol. The van der Waals surface area contributed by atoms with Gasteiger partial charge in [-0.05, 0) is 43.2 Å². The number of nitrogens with one attached hydrogen (secondary N) is 2. The minimum absolute atomic E-state index is 0. The molecule has 0 aromatic heterocycles. The molecule has 2 aromatic carbocycles. The first-order chi connectivity index (χ1) is 12.6. The second-order valence-electron chi connectivity index (χ2n) is 5.69. The van der Waals surface area contributed by atoms with Gasteiger partial charge >= 0.3 is 0 Å². The van der Waals surface area contributed by atoms with Gasteiger partial charge in [0.15, 0.2) is 17.5 Å². The molecule has 7 heteroatoms. The number of methoxy groups -OCH3 is 3. The van der Waals surface area contributed by atoms with Crippen molar-refractivity contribution in [3.63, 3.8) is 0 Å². The van der Waals surface area contributed by atoms with E-state index >= 15 is 0 Å². The van der Waals surface area contributed by atoms with Crippen LogP contribution in [0.25, 0.3) is 0 Å². The van der Waals surface area contributed by atoms with Crippen molar-refractivity contribution >= 4 is 35.6 Å². The SMILES string of the molecule is CCNC(=NCc1ccc(C)c(OC)c1)Nc1ccc(OC)c(OC)c1.I. The Morgan fingerprint density at radius 3 is 2.26 bits per heavy atom. The molecule has 148 valence electrons. The van der Waals surface area contributed by atoms with Crippen molar-refractivity contribution < 1.29 is 14.2 Å². The Morgan fingerprint density at radius 1 is 0.926 bits per heavy atom. The zero-order chi connectivity index (χ0) is 18.9. The molecule has 0 atom stereocenters. The van der Waals surface area contributed by atoms with Crippen LogP contribution in [-0.2, 0) is 6.54 Å². The fraction of sp³-hybridized carbons (Fsp3) is 0.350. The molecule has 0 heterocycles. The lowest BCUT2D eigenvalue weighted by atomic mass is 10.1. The Labute approximate surface area is 178 Å². The molecule has 0 bridgehead atoms. The van der Waals surface area contributed by atoms with E-state index in [-0.39, 0.29) is 24.0 Å². The standard InChI is InChI=1S/C20H27N3O3.HI/c1-6-21-20(22-13-15-8-7-14(2)18(11-15)25-4)23-16-9-10-17(24-3)19(12-16)26-5;/h7-12H,6,13H2,1-5H3,(H2,21,22,23);1H. The van der Waals surface area contributed by atoms with Crippen LogP contribution in [0.3, 0.4) is 0 Å². The highest BCUT2D eigenvalue weighted by molar-refractivity contribution is 14.0. The first-order valence-electron chi connectivity index (χ1n) is 8.52. The van der Waals surface area contributed by atoms with Crippen LogP contribution in [0.2, 0.25) is 0 Å². The Morgan fingerprint density at radius 2 is 1.63 bits per heavy atom. The average Bonchev–Trinajstić information content (AvgIpc) is 2.67. The summed E-state index contributed by atoms with van der Waals surface area (Å²) in [4.78, 5) is 4.65. The van der Waals surface area contributed by atoms with E-state index in [9.17, 15) is 0 Å². The lowest BCUT2D eigenvalue weighted by molar-refractivity contribution is 0.355. The molecule has 0 unspecified atom stereocenters. The van der Waals surface area contributed by atoms with Crippen molar-refractivity contribution in [2.75, 3.05) is 33.2 Å². The highest BCUT2D eigenvalue weighted by atomic mass is 127. The maximum atomic E-state index is 5.38. The Kier molecular flexibility index (Phi) is 9.77. The molecule has 0 amide bonds. The maximum Gasteiger partial charge on any atom is 0.196 e. The summed E-state index contributed by atoms with van der Waals surface area (Å²) in [6.07, 6.45) is 0. The van der Waals surface area contributed by atoms with Crippen LogP contribution in [-0.4, -0.2) is 33.8 Å². The first-order valence-corrected chi connectivity index (χ1v) is 8.52. The van der Waals surface area contributed by atoms with Gasteiger partial charge in [-0.3, -0.25) is 0 Å². The fourth-order valence-electron chi connectivity index (χ4n) is 2.49. The molecular formula is C20H28IN3O3. The Bertz CT molecular complexity index is 766. The topological polar surface area (TPSA) is 64.1 Å². The number of hydrogen-bond acceptors (Lipinski definition) is 4. The highest BCUT2D eigenvalue weighted by Crippen LogP contribution is 2.29. The third-order valence-corrected chi connectivity index (χ3v) is 3.88. The van der Waals surface area contributed by atoms with Crippen LogP contribution in [0, 0.1) is 6.92 Å². The summed E-state index contributed by atoms with van der Waals surface area (Å²) in [6.45, 7) is 5.35. The first kappa shape index (κ1) is 22.9. The summed E-state index contributed by atoms with van der Waals surface area (Å²) in [5, 5.41) is 6.53. The molecule has 6 nitrogen and oxygen atoms in total. The molecule has 2 rings (SSSR count). The number of guanidine groups is 1. The summed E-state index contributed by atoms with van der Waals surface area (Å²) < 4.78 is 16.0. The minimum Gasteiger partial charge on any atom is -0.496 e. The summed E-state index contributed by atoms with van der Waals surface area (Å²) in [6, 6.07) is 11.8. The van der Waals surface area contributed by atoms with E-state index in [1.807, 2.05) is 44.2 Å². The second kappa shape index (κ2) is 11.5. The van der Waals surface area contributed by atoms with E-state index in [2.05, 4.69) is 21.7 Å². The smallest absolute Gasteiger partial charge is 0.196 e. The lowest BCUT2D eigenvalue weighted by Gasteiger charge is -2.14. The number of anilines is 1. The normalized spacial score (nSPS) is 10.6. The molecule has 2 N–H and O–H groups in total. The number of benzene rings is 2. The number of ether oxygens (including phenoxy) is 3. The van der Waals surface area contributed by atoms with Gasteiger partial charge in [-0.15, -0.1) is 24.0 Å². The average molecular weight is 485 g/mol. The number of aryl methyl sites for hydroxylation is 1. The number of aliphatic imine (C=N–C) groups is 1. The van der Waals surface area contributed by atoms with E-state index in [1.54, 1.807) is 21.3 Å². The van der Waals surface area contributed by atoms with Crippen LogP contribution in [0.4, 0.5) is 5.69 Å². The maximum absolute atomic E-state index is 5.38. The molecule has 0 radical (unpaired) electrons. The molecule has 0 aliphatic carbocycles. The van der Waals surface area contributed by atoms with Gasteiger partial charge in [-0.2, -0.15) is 0 Å². The quantitative estimate of drug-likeness (QED) is 0.350. The van der Waals surface area contributed by atoms with Gasteiger partial charge in [-0.25, -0.2) is 4.99 Å². The number of hydrogen-bond donors (Lipinski definition) is 2. The van der Waals surface area contributed by atoms with Gasteiger partial charge in [0.05, 0.1) is 27.9 Å². The molecule has 0 spiro atoms. The summed E-state index contributed by atoms with van der Waals surface area (Å²) in [5.74, 6) is 2.91. The van der Waals surface area contributed by atoms with E-state index < -0.39 is 0 Å². The molecule has 0 aliphatic heterocycles. The zero-order valence-electron chi connectivity index (χ0n) is 16.5. The van der Waals surface area contributed by atoms with E-state index in [4.69, 9.17) is 14.2 Å². The summed E-state index contributed by atoms with van der Waals surface area (Å²) in [5.41, 5.74) is 3.05. The number of nitrogens with zero attached hydrogens (tertiary/aromatic N) is 1. The zero-order valence-corrected chi connectivity index (χ0v) is 18.8. The van der Waals surface area contributed by atoms with E-state index in [0.717, 1.165) is 29.1 Å². The molecule has 0 saturated carbocycles. The Hall–Kier alpha value is -2.16. The summed E-state index contributed by atoms with van der Waals surface area (Å²) >= 11 is 0. The second-order valence-corrected chi connectivity index (χ2v) is 5.69. The highest BCUT2D eigenvalue weighted by Gasteiger charge is 2.06. The molecule has 0 aliphatic rings. The number of rotatable bonds is 7. The third-order valence-electron chi connectivity index (χ3n) is 3.88.